The van der Waals surface area contributed by atoms with E-state index in [1.54, 1.807) is 0 Å². The van der Waals surface area contributed by atoms with Crippen LogP contribution in [0.4, 0.5) is 0 Å². The zero-order valence-electron chi connectivity index (χ0n) is 25.3. The molecule has 0 aliphatic carbocycles. The van der Waals surface area contributed by atoms with Crippen molar-refractivity contribution < 1.29 is 4.57 Å². The Morgan fingerprint density at radius 1 is 0.846 bits per heavy atom. The van der Waals surface area contributed by atoms with E-state index in [-0.39, 0.29) is 11.0 Å². The van der Waals surface area contributed by atoms with Gasteiger partial charge in [0, 0.05) is 39.9 Å². The van der Waals surface area contributed by atoms with Gasteiger partial charge < -0.3 is 4.57 Å². The minimum absolute atomic E-state index is 0.0313. The molecule has 1 aliphatic rings. The molecular formula is C36H44N3+. The molecule has 3 aromatic carbocycles. The molecule has 0 bridgehead atoms. The number of imidazole rings is 1. The molecule has 1 aliphatic heterocycles. The Balaban J connectivity index is 1.80. The fraction of sp³-hybridized carbons (Fsp3) is 0.417. The second kappa shape index (κ2) is 8.84. The quantitative estimate of drug-likeness (QED) is 0.206. The Bertz CT molecular complexity index is 1730. The average molecular weight is 519 g/mol. The molecule has 2 unspecified atom stereocenters. The topological polar surface area (TPSA) is 13.7 Å². The summed E-state index contributed by atoms with van der Waals surface area (Å²) in [6.07, 6.45) is 6.89. The van der Waals surface area contributed by atoms with Crippen LogP contribution in [0.2, 0.25) is 0 Å². The number of rotatable bonds is 5. The van der Waals surface area contributed by atoms with Crippen LogP contribution in [0.15, 0.2) is 67.0 Å². The van der Waals surface area contributed by atoms with E-state index in [9.17, 15) is 0 Å². The van der Waals surface area contributed by atoms with E-state index in [1.807, 2.05) is 0 Å². The van der Waals surface area contributed by atoms with Crippen LogP contribution in [0.3, 0.4) is 0 Å². The zero-order chi connectivity index (χ0) is 27.9. The standard InChI is InChI=1S/C36H44N3/c1-10-35(7)29-18-14-12-17-26(29)34-38(20-21-39(34)36(35,8)11-2)33-27(23(3)4)22-28-25-16-13-15-19-30(25)37(9)32(28)31(33)24(5)6/h12-24H,10-11H2,1-9H3/q+1. The summed E-state index contributed by atoms with van der Waals surface area (Å²) < 4.78 is 7.58. The van der Waals surface area contributed by atoms with Crippen molar-refractivity contribution in [3.63, 3.8) is 0 Å². The van der Waals surface area contributed by atoms with Gasteiger partial charge in [0.25, 0.3) is 5.82 Å². The summed E-state index contributed by atoms with van der Waals surface area (Å²) in [5.74, 6) is 2.06. The van der Waals surface area contributed by atoms with Crippen LogP contribution in [-0.4, -0.2) is 9.13 Å². The molecule has 0 saturated carbocycles. The number of fused-ring (bicyclic) bond motifs is 6. The molecule has 0 spiro atoms. The van der Waals surface area contributed by atoms with Gasteiger partial charge in [-0.15, -0.1) is 0 Å². The van der Waals surface area contributed by atoms with Gasteiger partial charge in [-0.3, -0.25) is 0 Å². The summed E-state index contributed by atoms with van der Waals surface area (Å²) in [5, 5.41) is 2.71. The largest absolute Gasteiger partial charge is 0.343 e. The van der Waals surface area contributed by atoms with Crippen LogP contribution in [-0.2, 0) is 18.0 Å². The lowest BCUT2D eigenvalue weighted by Crippen LogP contribution is -2.67. The number of para-hydroxylation sites is 1. The fourth-order valence-electron chi connectivity index (χ4n) is 7.72. The summed E-state index contributed by atoms with van der Waals surface area (Å²) in [5.41, 5.74) is 9.72. The van der Waals surface area contributed by atoms with Crippen LogP contribution in [0, 0.1) is 0 Å². The number of benzene rings is 3. The van der Waals surface area contributed by atoms with E-state index in [0.717, 1.165) is 12.8 Å². The number of nitrogens with zero attached hydrogens (tertiary/aromatic N) is 3. The molecule has 3 heteroatoms. The zero-order valence-corrected chi connectivity index (χ0v) is 25.3. The molecule has 0 amide bonds. The second-order valence-corrected chi connectivity index (χ2v) is 12.7. The highest BCUT2D eigenvalue weighted by Crippen LogP contribution is 2.51. The highest BCUT2D eigenvalue weighted by atomic mass is 15.2. The van der Waals surface area contributed by atoms with Gasteiger partial charge in [0.15, 0.2) is 0 Å². The first kappa shape index (κ1) is 25.9. The molecule has 0 radical (unpaired) electrons. The lowest BCUT2D eigenvalue weighted by Gasteiger charge is -2.47. The highest BCUT2D eigenvalue weighted by Gasteiger charge is 2.55. The molecule has 2 atom stereocenters. The van der Waals surface area contributed by atoms with Crippen LogP contribution < -0.4 is 4.57 Å². The van der Waals surface area contributed by atoms with Crippen molar-refractivity contribution in [3.8, 4) is 17.1 Å². The molecule has 5 aromatic rings. The van der Waals surface area contributed by atoms with Crippen LogP contribution in [0.25, 0.3) is 38.9 Å². The lowest BCUT2D eigenvalue weighted by molar-refractivity contribution is -0.764. The molecule has 3 nitrogen and oxygen atoms in total. The van der Waals surface area contributed by atoms with Gasteiger partial charge in [-0.1, -0.05) is 84.9 Å². The Morgan fingerprint density at radius 2 is 1.54 bits per heavy atom. The molecule has 0 N–H and O–H groups in total. The van der Waals surface area contributed by atoms with Crippen molar-refractivity contribution >= 4 is 21.8 Å². The number of aromatic nitrogens is 3. The van der Waals surface area contributed by atoms with E-state index in [2.05, 4.69) is 143 Å². The maximum Gasteiger partial charge on any atom is 0.294 e. The van der Waals surface area contributed by atoms with Gasteiger partial charge >= 0.3 is 0 Å². The third-order valence-corrected chi connectivity index (χ3v) is 10.4. The SMILES string of the molecule is CCC1(C)c2ccccc2-c2n(-c3c(C(C)C)cc4c5ccccc5n(C)c4c3C(C)C)cc[n+]2C1(C)CC. The van der Waals surface area contributed by atoms with Gasteiger partial charge in [0.05, 0.1) is 11.1 Å². The maximum absolute atomic E-state index is 2.61. The van der Waals surface area contributed by atoms with Crippen molar-refractivity contribution in [2.75, 3.05) is 0 Å². The Morgan fingerprint density at radius 3 is 2.21 bits per heavy atom. The summed E-state index contributed by atoms with van der Waals surface area (Å²) in [4.78, 5) is 0. The predicted octanol–water partition coefficient (Wildman–Crippen LogP) is 9.13. The van der Waals surface area contributed by atoms with Gasteiger partial charge in [0.1, 0.15) is 23.6 Å². The monoisotopic (exact) mass is 518 g/mol. The van der Waals surface area contributed by atoms with Gasteiger partial charge in [-0.25, -0.2) is 4.57 Å². The highest BCUT2D eigenvalue weighted by molar-refractivity contribution is 6.10. The lowest BCUT2D eigenvalue weighted by atomic mass is 9.61. The van der Waals surface area contributed by atoms with E-state index < -0.39 is 0 Å². The first-order valence-electron chi connectivity index (χ1n) is 14.9. The summed E-state index contributed by atoms with van der Waals surface area (Å²) in [7, 11) is 2.24. The third kappa shape index (κ3) is 3.25. The Labute approximate surface area is 234 Å². The number of aryl methyl sites for hydroxylation is 1. The molecular weight excluding hydrogens is 474 g/mol. The Kier molecular flexibility index (Phi) is 5.88. The van der Waals surface area contributed by atoms with E-state index >= 15 is 0 Å². The molecule has 202 valence electrons. The maximum atomic E-state index is 2.61. The Hall–Kier alpha value is -3.33. The summed E-state index contributed by atoms with van der Waals surface area (Å²) >= 11 is 0. The second-order valence-electron chi connectivity index (χ2n) is 12.7. The first-order valence-corrected chi connectivity index (χ1v) is 14.9. The minimum atomic E-state index is -0.0313. The number of hydrogen-bond acceptors (Lipinski definition) is 0. The molecule has 6 rings (SSSR count). The van der Waals surface area contributed by atoms with Crippen molar-refractivity contribution in [1.82, 2.24) is 9.13 Å². The fourth-order valence-corrected chi connectivity index (χ4v) is 7.72. The molecule has 2 aromatic heterocycles. The summed E-state index contributed by atoms with van der Waals surface area (Å²) in [6, 6.07) is 20.5. The minimum Gasteiger partial charge on any atom is -0.343 e. The normalized spacial score (nSPS) is 20.8. The van der Waals surface area contributed by atoms with E-state index in [0.29, 0.717) is 11.8 Å². The van der Waals surface area contributed by atoms with Crippen molar-refractivity contribution in [1.29, 1.82) is 0 Å². The van der Waals surface area contributed by atoms with E-state index in [4.69, 9.17) is 0 Å². The summed E-state index contributed by atoms with van der Waals surface area (Å²) in [6.45, 7) is 19.1. The number of hydrogen-bond donors (Lipinski definition) is 0. The van der Waals surface area contributed by atoms with Crippen LogP contribution in [0.5, 0.6) is 0 Å². The van der Waals surface area contributed by atoms with Crippen LogP contribution in [0.1, 0.15) is 96.8 Å². The van der Waals surface area contributed by atoms with Crippen molar-refractivity contribution in [2.24, 2.45) is 7.05 Å². The van der Waals surface area contributed by atoms with Crippen molar-refractivity contribution in [2.45, 2.75) is 91.0 Å². The van der Waals surface area contributed by atoms with Gasteiger partial charge in [-0.2, -0.15) is 4.57 Å². The van der Waals surface area contributed by atoms with Gasteiger partial charge in [0.2, 0.25) is 0 Å². The molecule has 0 saturated heterocycles. The van der Waals surface area contributed by atoms with Gasteiger partial charge in [-0.05, 0) is 55.4 Å². The van der Waals surface area contributed by atoms with E-state index in [1.165, 1.54) is 55.6 Å². The molecule has 0 fully saturated rings. The third-order valence-electron chi connectivity index (χ3n) is 10.4. The van der Waals surface area contributed by atoms with Crippen LogP contribution >= 0.6 is 0 Å². The molecule has 39 heavy (non-hydrogen) atoms. The van der Waals surface area contributed by atoms with Crippen molar-refractivity contribution in [3.05, 3.63) is 83.7 Å². The first-order chi connectivity index (χ1) is 18.6. The predicted molar refractivity (Wildman–Crippen MR) is 165 cm³/mol. The smallest absolute Gasteiger partial charge is 0.294 e. The molecule has 3 heterocycles. The average Bonchev–Trinajstić information content (AvgIpc) is 3.50.